The first kappa shape index (κ1) is 22.4. The van der Waals surface area contributed by atoms with Gasteiger partial charge in [0.05, 0.1) is 12.2 Å². The molecule has 0 atom stereocenters. The Balaban J connectivity index is 1.49. The quantitative estimate of drug-likeness (QED) is 0.293. The number of hydrogen-bond acceptors (Lipinski definition) is 3. The molecule has 1 fully saturated rings. The summed E-state index contributed by atoms with van der Waals surface area (Å²) >= 11 is 0. The zero-order valence-corrected chi connectivity index (χ0v) is 19.7. The summed E-state index contributed by atoms with van der Waals surface area (Å²) in [4.78, 5) is 30.3. The third-order valence-electron chi connectivity index (χ3n) is 6.33. The fraction of sp³-hybridized carbons (Fsp3) is 0.133. The van der Waals surface area contributed by atoms with Gasteiger partial charge in [0.25, 0.3) is 5.91 Å². The molecule has 0 aliphatic carbocycles. The topological polar surface area (TPSA) is 49.9 Å². The van der Waals surface area contributed by atoms with Crippen LogP contribution in [0, 0.1) is 0 Å². The zero-order chi connectivity index (χ0) is 24.4. The molecule has 5 nitrogen and oxygen atoms in total. The van der Waals surface area contributed by atoms with Crippen LogP contribution in [0.1, 0.15) is 19.4 Å². The number of carbonyl (C=O) groups excluding carboxylic acids is 2. The SMILES string of the molecule is CC1(C)C(=O)N(c2ccccc2-c2ccccc2)C(=O)N1Cc1ccccc1Oc1ccccc1. The van der Waals surface area contributed by atoms with E-state index in [9.17, 15) is 9.59 Å². The molecule has 1 heterocycles. The minimum atomic E-state index is -1.03. The molecular weight excluding hydrogens is 436 g/mol. The van der Waals surface area contributed by atoms with Crippen molar-refractivity contribution in [2.75, 3.05) is 4.90 Å². The highest BCUT2D eigenvalue weighted by atomic mass is 16.5. The van der Waals surface area contributed by atoms with Crippen LogP contribution in [0.2, 0.25) is 0 Å². The molecule has 4 aromatic carbocycles. The van der Waals surface area contributed by atoms with Crippen molar-refractivity contribution in [3.63, 3.8) is 0 Å². The van der Waals surface area contributed by atoms with Gasteiger partial charge < -0.3 is 9.64 Å². The van der Waals surface area contributed by atoms with Crippen molar-refractivity contribution in [2.45, 2.75) is 25.9 Å². The number of carbonyl (C=O) groups is 2. The van der Waals surface area contributed by atoms with E-state index in [1.165, 1.54) is 4.90 Å². The maximum absolute atomic E-state index is 13.8. The summed E-state index contributed by atoms with van der Waals surface area (Å²) in [6.45, 7) is 3.82. The van der Waals surface area contributed by atoms with Crippen molar-refractivity contribution < 1.29 is 14.3 Å². The Kier molecular flexibility index (Phi) is 5.83. The van der Waals surface area contributed by atoms with E-state index in [1.807, 2.05) is 109 Å². The van der Waals surface area contributed by atoms with E-state index in [1.54, 1.807) is 18.7 Å². The van der Waals surface area contributed by atoms with E-state index in [0.29, 0.717) is 17.2 Å². The molecule has 1 aliphatic rings. The highest BCUT2D eigenvalue weighted by Crippen LogP contribution is 2.39. The van der Waals surface area contributed by atoms with Crippen LogP contribution in [-0.2, 0) is 11.3 Å². The molecule has 0 N–H and O–H groups in total. The molecule has 35 heavy (non-hydrogen) atoms. The maximum atomic E-state index is 13.8. The first-order valence-electron chi connectivity index (χ1n) is 11.6. The van der Waals surface area contributed by atoms with E-state index in [4.69, 9.17) is 4.74 Å². The molecule has 5 rings (SSSR count). The molecule has 5 heteroatoms. The summed E-state index contributed by atoms with van der Waals surface area (Å²) < 4.78 is 6.10. The number of rotatable bonds is 6. The van der Waals surface area contributed by atoms with Crippen molar-refractivity contribution in [1.82, 2.24) is 4.90 Å². The number of hydrogen-bond donors (Lipinski definition) is 0. The summed E-state index contributed by atoms with van der Waals surface area (Å²) in [6.07, 6.45) is 0. The second kappa shape index (κ2) is 9.11. The Bertz CT molecular complexity index is 1370. The number of anilines is 1. The minimum Gasteiger partial charge on any atom is -0.457 e. The lowest BCUT2D eigenvalue weighted by Gasteiger charge is -2.28. The number of imide groups is 1. The average Bonchev–Trinajstić information content (AvgIpc) is 3.05. The lowest BCUT2D eigenvalue weighted by Crippen LogP contribution is -2.43. The maximum Gasteiger partial charge on any atom is 0.332 e. The largest absolute Gasteiger partial charge is 0.457 e. The third kappa shape index (κ3) is 4.17. The molecular formula is C30H26N2O3. The van der Waals surface area contributed by atoms with Gasteiger partial charge in [-0.3, -0.25) is 4.79 Å². The molecule has 0 unspecified atom stereocenters. The Morgan fingerprint density at radius 3 is 2.06 bits per heavy atom. The van der Waals surface area contributed by atoms with Gasteiger partial charge in [0.2, 0.25) is 0 Å². The molecule has 0 spiro atoms. The van der Waals surface area contributed by atoms with Crippen LogP contribution in [0.15, 0.2) is 109 Å². The zero-order valence-electron chi connectivity index (χ0n) is 19.7. The monoisotopic (exact) mass is 462 g/mol. The predicted octanol–water partition coefficient (Wildman–Crippen LogP) is 6.89. The summed E-state index contributed by atoms with van der Waals surface area (Å²) in [7, 11) is 0. The average molecular weight is 463 g/mol. The fourth-order valence-electron chi connectivity index (χ4n) is 4.36. The van der Waals surface area contributed by atoms with Gasteiger partial charge in [-0.15, -0.1) is 0 Å². The van der Waals surface area contributed by atoms with Crippen LogP contribution in [0.5, 0.6) is 11.5 Å². The van der Waals surface area contributed by atoms with E-state index in [2.05, 4.69) is 0 Å². The first-order valence-corrected chi connectivity index (χ1v) is 11.6. The predicted molar refractivity (Wildman–Crippen MR) is 137 cm³/mol. The van der Waals surface area contributed by atoms with Crippen LogP contribution in [0.3, 0.4) is 0 Å². The Morgan fingerprint density at radius 1 is 0.714 bits per heavy atom. The molecule has 174 valence electrons. The highest BCUT2D eigenvalue weighted by Gasteiger charge is 2.52. The van der Waals surface area contributed by atoms with E-state index in [-0.39, 0.29) is 18.5 Å². The van der Waals surface area contributed by atoms with Crippen molar-refractivity contribution in [3.8, 4) is 22.6 Å². The van der Waals surface area contributed by atoms with Crippen molar-refractivity contribution in [3.05, 3.63) is 115 Å². The van der Waals surface area contributed by atoms with Gasteiger partial charge in [-0.2, -0.15) is 0 Å². The second-order valence-corrected chi connectivity index (χ2v) is 8.97. The smallest absolute Gasteiger partial charge is 0.332 e. The summed E-state index contributed by atoms with van der Waals surface area (Å²) in [5.74, 6) is 1.10. The summed E-state index contributed by atoms with van der Waals surface area (Å²) in [5, 5.41) is 0. The van der Waals surface area contributed by atoms with Gasteiger partial charge in [-0.05, 0) is 43.7 Å². The highest BCUT2D eigenvalue weighted by molar-refractivity contribution is 6.24. The van der Waals surface area contributed by atoms with Crippen LogP contribution in [-0.4, -0.2) is 22.4 Å². The van der Waals surface area contributed by atoms with E-state index < -0.39 is 5.54 Å². The second-order valence-electron chi connectivity index (χ2n) is 8.97. The van der Waals surface area contributed by atoms with Gasteiger partial charge in [0.15, 0.2) is 0 Å². The number of urea groups is 1. The van der Waals surface area contributed by atoms with Crippen LogP contribution >= 0.6 is 0 Å². The third-order valence-corrected chi connectivity index (χ3v) is 6.33. The number of ether oxygens (including phenoxy) is 1. The molecule has 0 radical (unpaired) electrons. The lowest BCUT2D eigenvalue weighted by atomic mass is 10.0. The normalized spacial score (nSPS) is 14.9. The van der Waals surface area contributed by atoms with Gasteiger partial charge in [0.1, 0.15) is 17.0 Å². The van der Waals surface area contributed by atoms with Crippen molar-refractivity contribution >= 4 is 17.6 Å². The molecule has 0 saturated carbocycles. The Labute approximate surface area is 205 Å². The summed E-state index contributed by atoms with van der Waals surface area (Å²) in [5.41, 5.74) is 2.16. The molecule has 1 saturated heterocycles. The number of amides is 3. The van der Waals surface area contributed by atoms with E-state index >= 15 is 0 Å². The molecule has 0 aromatic heterocycles. The lowest BCUT2D eigenvalue weighted by molar-refractivity contribution is -0.123. The minimum absolute atomic E-state index is 0.241. The first-order chi connectivity index (χ1) is 17.0. The van der Waals surface area contributed by atoms with Gasteiger partial charge >= 0.3 is 6.03 Å². The Morgan fingerprint density at radius 2 is 1.31 bits per heavy atom. The number of benzene rings is 4. The Hall–Kier alpha value is -4.38. The van der Waals surface area contributed by atoms with Gasteiger partial charge in [-0.25, -0.2) is 9.69 Å². The van der Waals surface area contributed by atoms with Crippen molar-refractivity contribution in [2.24, 2.45) is 0 Å². The summed E-state index contributed by atoms with van der Waals surface area (Å²) in [6, 6.07) is 34.1. The van der Waals surface area contributed by atoms with Crippen LogP contribution < -0.4 is 9.64 Å². The van der Waals surface area contributed by atoms with Crippen molar-refractivity contribution in [1.29, 1.82) is 0 Å². The van der Waals surface area contributed by atoms with Gasteiger partial charge in [0, 0.05) is 11.1 Å². The molecule has 3 amide bonds. The number of nitrogens with zero attached hydrogens (tertiary/aromatic N) is 2. The standard InChI is InChI=1S/C30H26N2O3/c1-30(2)28(33)32(26-19-11-10-18-25(26)22-13-5-3-6-14-22)29(34)31(30)21-23-15-9-12-20-27(23)35-24-16-7-4-8-17-24/h3-20H,21H2,1-2H3. The molecule has 4 aromatic rings. The molecule has 1 aliphatic heterocycles. The van der Waals surface area contributed by atoms with E-state index in [0.717, 1.165) is 16.7 Å². The fourth-order valence-corrected chi connectivity index (χ4v) is 4.36. The molecule has 0 bridgehead atoms. The van der Waals surface area contributed by atoms with Crippen LogP contribution in [0.25, 0.3) is 11.1 Å². The van der Waals surface area contributed by atoms with Gasteiger partial charge in [-0.1, -0.05) is 84.9 Å². The number of para-hydroxylation sites is 3. The van der Waals surface area contributed by atoms with Crippen LogP contribution in [0.4, 0.5) is 10.5 Å².